The van der Waals surface area contributed by atoms with Crippen molar-refractivity contribution in [1.29, 1.82) is 0 Å². The lowest BCUT2D eigenvalue weighted by molar-refractivity contribution is 0.103. The first-order chi connectivity index (χ1) is 9.92. The lowest BCUT2D eigenvalue weighted by Crippen LogP contribution is -2.51. The first-order valence-electron chi connectivity index (χ1n) is 7.52. The van der Waals surface area contributed by atoms with Crippen molar-refractivity contribution in [3.05, 3.63) is 35.8 Å². The lowest BCUT2D eigenvalue weighted by Gasteiger charge is -2.42. The number of likely N-dealkylation sites (N-methyl/N-ethyl adjacent to an activating group) is 2. The number of nitrogens with one attached hydrogen (secondary N) is 1. The minimum atomic E-state index is -0.235. The topological polar surface area (TPSA) is 28.4 Å². The summed E-state index contributed by atoms with van der Waals surface area (Å²) in [5.74, 6) is 0.621. The molecule has 4 heteroatoms. The molecule has 1 N–H and O–H groups in total. The Bertz CT molecular complexity index is 608. The van der Waals surface area contributed by atoms with Crippen molar-refractivity contribution < 1.29 is 8.81 Å². The van der Waals surface area contributed by atoms with E-state index in [1.54, 1.807) is 6.07 Å². The van der Waals surface area contributed by atoms with Crippen LogP contribution in [-0.4, -0.2) is 31.1 Å². The number of benzene rings is 1. The molecule has 2 atom stereocenters. The van der Waals surface area contributed by atoms with Gasteiger partial charge in [0, 0.05) is 10.9 Å². The summed E-state index contributed by atoms with van der Waals surface area (Å²) in [6.07, 6.45) is 0.975. The van der Waals surface area contributed by atoms with Crippen LogP contribution in [0.2, 0.25) is 0 Å². The Morgan fingerprint density at radius 2 is 2.00 bits per heavy atom. The standard InChI is InChI=1S/C17H25FN2O/c1-6-17(3,20(4)5)16(19-7-2)15-11-12-10-13(18)8-9-14(12)21-15/h8-11,16,19H,6-7H2,1-5H3. The number of rotatable bonds is 6. The highest BCUT2D eigenvalue weighted by Gasteiger charge is 2.37. The summed E-state index contributed by atoms with van der Waals surface area (Å²) in [5.41, 5.74) is 0.647. The third-order valence-corrected chi connectivity index (χ3v) is 4.55. The SMILES string of the molecule is CCNC(c1cc2cc(F)ccc2o1)C(C)(CC)N(C)C. The van der Waals surface area contributed by atoms with Gasteiger partial charge in [-0.25, -0.2) is 4.39 Å². The predicted octanol–water partition coefficient (Wildman–Crippen LogP) is 3.95. The molecule has 1 aromatic heterocycles. The van der Waals surface area contributed by atoms with Gasteiger partial charge in [-0.3, -0.25) is 0 Å². The van der Waals surface area contributed by atoms with Crippen LogP contribution in [0.4, 0.5) is 4.39 Å². The van der Waals surface area contributed by atoms with E-state index in [-0.39, 0.29) is 17.4 Å². The molecule has 0 aliphatic carbocycles. The van der Waals surface area contributed by atoms with Crippen LogP contribution < -0.4 is 5.32 Å². The van der Waals surface area contributed by atoms with Crippen LogP contribution in [0.5, 0.6) is 0 Å². The highest BCUT2D eigenvalue weighted by Crippen LogP contribution is 2.35. The minimum absolute atomic E-state index is 0.0537. The fraction of sp³-hybridized carbons (Fsp3) is 0.529. The van der Waals surface area contributed by atoms with E-state index in [2.05, 4.69) is 45.1 Å². The van der Waals surface area contributed by atoms with E-state index in [0.717, 1.165) is 29.7 Å². The zero-order valence-corrected chi connectivity index (χ0v) is 13.5. The molecule has 0 aliphatic heterocycles. The Labute approximate surface area is 126 Å². The van der Waals surface area contributed by atoms with Gasteiger partial charge in [-0.15, -0.1) is 0 Å². The zero-order valence-electron chi connectivity index (χ0n) is 13.5. The summed E-state index contributed by atoms with van der Waals surface area (Å²) in [6.45, 7) is 7.32. The molecule has 0 saturated heterocycles. The van der Waals surface area contributed by atoms with Gasteiger partial charge < -0.3 is 14.6 Å². The predicted molar refractivity (Wildman–Crippen MR) is 85.0 cm³/mol. The molecule has 2 rings (SSSR count). The van der Waals surface area contributed by atoms with Crippen LogP contribution in [-0.2, 0) is 0 Å². The number of halogens is 1. The molecule has 1 heterocycles. The highest BCUT2D eigenvalue weighted by atomic mass is 19.1. The Hall–Kier alpha value is -1.39. The Morgan fingerprint density at radius 3 is 2.57 bits per heavy atom. The smallest absolute Gasteiger partial charge is 0.134 e. The molecule has 0 amide bonds. The van der Waals surface area contributed by atoms with Crippen molar-refractivity contribution in [3.8, 4) is 0 Å². The average Bonchev–Trinajstić information content (AvgIpc) is 2.86. The molecule has 2 aromatic rings. The third-order valence-electron chi connectivity index (χ3n) is 4.55. The number of furan rings is 1. The van der Waals surface area contributed by atoms with Gasteiger partial charge in [0.25, 0.3) is 0 Å². The fourth-order valence-corrected chi connectivity index (χ4v) is 2.79. The summed E-state index contributed by atoms with van der Waals surface area (Å²) < 4.78 is 19.3. The fourth-order valence-electron chi connectivity index (χ4n) is 2.79. The molecule has 116 valence electrons. The van der Waals surface area contributed by atoms with Crippen LogP contribution in [0.15, 0.2) is 28.7 Å². The second-order valence-corrected chi connectivity index (χ2v) is 5.93. The van der Waals surface area contributed by atoms with Gasteiger partial charge in [-0.05, 0) is 58.3 Å². The molecule has 1 aromatic carbocycles. The van der Waals surface area contributed by atoms with Gasteiger partial charge in [0.1, 0.15) is 17.2 Å². The minimum Gasteiger partial charge on any atom is -0.459 e. The van der Waals surface area contributed by atoms with E-state index < -0.39 is 0 Å². The molecular weight excluding hydrogens is 267 g/mol. The molecule has 0 fully saturated rings. The Kier molecular flexibility index (Phi) is 4.69. The molecule has 0 bridgehead atoms. The third kappa shape index (κ3) is 2.97. The van der Waals surface area contributed by atoms with E-state index in [9.17, 15) is 4.39 Å². The number of hydrogen-bond acceptors (Lipinski definition) is 3. The molecule has 0 spiro atoms. The van der Waals surface area contributed by atoms with Crippen molar-refractivity contribution in [1.82, 2.24) is 10.2 Å². The quantitative estimate of drug-likeness (QED) is 0.873. The van der Waals surface area contributed by atoms with Gasteiger partial charge in [-0.1, -0.05) is 13.8 Å². The molecular formula is C17H25FN2O. The summed E-state index contributed by atoms with van der Waals surface area (Å²) in [7, 11) is 4.16. The van der Waals surface area contributed by atoms with Crippen molar-refractivity contribution in [3.63, 3.8) is 0 Å². The number of nitrogens with zero attached hydrogens (tertiary/aromatic N) is 1. The van der Waals surface area contributed by atoms with Crippen molar-refractivity contribution in [2.75, 3.05) is 20.6 Å². The van der Waals surface area contributed by atoms with Crippen molar-refractivity contribution in [2.45, 2.75) is 38.8 Å². The maximum absolute atomic E-state index is 13.4. The van der Waals surface area contributed by atoms with Crippen LogP contribution in [0.3, 0.4) is 0 Å². The number of fused-ring (bicyclic) bond motifs is 1. The summed E-state index contributed by atoms with van der Waals surface area (Å²) in [6, 6.07) is 6.64. The van der Waals surface area contributed by atoms with E-state index in [1.807, 2.05) is 6.07 Å². The average molecular weight is 292 g/mol. The van der Waals surface area contributed by atoms with Gasteiger partial charge in [-0.2, -0.15) is 0 Å². The largest absolute Gasteiger partial charge is 0.459 e. The highest BCUT2D eigenvalue weighted by molar-refractivity contribution is 5.78. The molecule has 0 saturated carbocycles. The van der Waals surface area contributed by atoms with Gasteiger partial charge in [0.15, 0.2) is 0 Å². The van der Waals surface area contributed by atoms with Gasteiger partial charge in [0.2, 0.25) is 0 Å². The first-order valence-corrected chi connectivity index (χ1v) is 7.52. The van der Waals surface area contributed by atoms with Crippen LogP contribution in [0, 0.1) is 5.82 Å². The Morgan fingerprint density at radius 1 is 1.29 bits per heavy atom. The first kappa shape index (κ1) is 16.0. The molecule has 0 radical (unpaired) electrons. The molecule has 21 heavy (non-hydrogen) atoms. The second-order valence-electron chi connectivity index (χ2n) is 5.93. The van der Waals surface area contributed by atoms with Crippen LogP contribution in [0.25, 0.3) is 11.0 Å². The monoisotopic (exact) mass is 292 g/mol. The van der Waals surface area contributed by atoms with E-state index >= 15 is 0 Å². The van der Waals surface area contributed by atoms with E-state index in [0.29, 0.717) is 0 Å². The molecule has 0 aliphatic rings. The summed E-state index contributed by atoms with van der Waals surface area (Å²) in [5, 5.41) is 4.33. The van der Waals surface area contributed by atoms with Crippen LogP contribution >= 0.6 is 0 Å². The molecule has 3 nitrogen and oxygen atoms in total. The summed E-state index contributed by atoms with van der Waals surface area (Å²) >= 11 is 0. The number of hydrogen-bond donors (Lipinski definition) is 1. The maximum atomic E-state index is 13.4. The van der Waals surface area contributed by atoms with Crippen LogP contribution in [0.1, 0.15) is 39.0 Å². The van der Waals surface area contributed by atoms with E-state index in [4.69, 9.17) is 4.42 Å². The zero-order chi connectivity index (χ0) is 15.6. The lowest BCUT2D eigenvalue weighted by atomic mass is 9.86. The maximum Gasteiger partial charge on any atom is 0.134 e. The van der Waals surface area contributed by atoms with E-state index in [1.165, 1.54) is 12.1 Å². The normalized spacial score (nSPS) is 16.3. The second kappa shape index (κ2) is 6.16. The van der Waals surface area contributed by atoms with Gasteiger partial charge >= 0.3 is 0 Å². The summed E-state index contributed by atoms with van der Waals surface area (Å²) in [4.78, 5) is 2.22. The van der Waals surface area contributed by atoms with Crippen molar-refractivity contribution in [2.24, 2.45) is 0 Å². The van der Waals surface area contributed by atoms with Gasteiger partial charge in [0.05, 0.1) is 6.04 Å². The molecule has 2 unspecified atom stereocenters. The van der Waals surface area contributed by atoms with Crippen molar-refractivity contribution >= 4 is 11.0 Å². The Balaban J connectivity index is 2.49.